The zero-order chi connectivity index (χ0) is 9.80. The van der Waals surface area contributed by atoms with Gasteiger partial charge in [-0.15, -0.1) is 0 Å². The molecule has 0 aliphatic heterocycles. The molecule has 0 saturated heterocycles. The fraction of sp³-hybridized carbons (Fsp3) is 0.100. The maximum Gasteiger partial charge on any atom is 0.125 e. The quantitative estimate of drug-likeness (QED) is 0.780. The monoisotopic (exact) mass is 191 g/mol. The van der Waals surface area contributed by atoms with Gasteiger partial charge >= 0.3 is 0 Å². The van der Waals surface area contributed by atoms with Gasteiger partial charge in [-0.05, 0) is 18.2 Å². The van der Waals surface area contributed by atoms with E-state index in [2.05, 4.69) is 15.3 Å². The Morgan fingerprint density at radius 1 is 1.43 bits per heavy atom. The molecule has 1 aromatic heterocycles. The minimum absolute atomic E-state index is 0.236. The van der Waals surface area contributed by atoms with Crippen molar-refractivity contribution in [2.75, 3.05) is 5.32 Å². The summed E-state index contributed by atoms with van der Waals surface area (Å²) in [6, 6.07) is 6.36. The lowest BCUT2D eigenvalue weighted by Crippen LogP contribution is -1.99. The van der Waals surface area contributed by atoms with Crippen LogP contribution >= 0.6 is 0 Å². The Balaban J connectivity index is 1.98. The Morgan fingerprint density at radius 3 is 3.07 bits per heavy atom. The molecule has 2 N–H and O–H groups in total. The highest BCUT2D eigenvalue weighted by Crippen LogP contribution is 2.09. The van der Waals surface area contributed by atoms with E-state index in [1.165, 1.54) is 12.1 Å². The van der Waals surface area contributed by atoms with Crippen LogP contribution in [0.1, 0.15) is 5.69 Å². The van der Waals surface area contributed by atoms with Crippen LogP contribution in [0, 0.1) is 5.82 Å². The van der Waals surface area contributed by atoms with E-state index in [0.717, 1.165) is 11.4 Å². The Kier molecular flexibility index (Phi) is 2.44. The van der Waals surface area contributed by atoms with Crippen LogP contribution in [-0.2, 0) is 6.54 Å². The van der Waals surface area contributed by atoms with Crippen molar-refractivity contribution in [1.29, 1.82) is 0 Å². The molecule has 0 amide bonds. The molecule has 2 rings (SSSR count). The van der Waals surface area contributed by atoms with Crippen LogP contribution in [0.25, 0.3) is 0 Å². The highest BCUT2D eigenvalue weighted by molar-refractivity contribution is 5.43. The summed E-state index contributed by atoms with van der Waals surface area (Å²) in [6.07, 6.45) is 3.34. The van der Waals surface area contributed by atoms with Gasteiger partial charge in [0.1, 0.15) is 5.82 Å². The van der Waals surface area contributed by atoms with Gasteiger partial charge in [0, 0.05) is 11.9 Å². The fourth-order valence-corrected chi connectivity index (χ4v) is 1.18. The molecule has 2 aromatic rings. The van der Waals surface area contributed by atoms with Gasteiger partial charge in [0.05, 0.1) is 18.6 Å². The molecule has 0 spiro atoms. The Morgan fingerprint density at radius 2 is 2.36 bits per heavy atom. The molecular weight excluding hydrogens is 181 g/mol. The maximum atomic E-state index is 12.8. The molecule has 1 heterocycles. The second-order valence-electron chi connectivity index (χ2n) is 2.94. The van der Waals surface area contributed by atoms with Gasteiger partial charge in [0.15, 0.2) is 0 Å². The van der Waals surface area contributed by atoms with Crippen LogP contribution in [0.4, 0.5) is 10.1 Å². The zero-order valence-electron chi connectivity index (χ0n) is 7.50. The van der Waals surface area contributed by atoms with Gasteiger partial charge in [-0.1, -0.05) is 6.07 Å². The molecule has 0 unspecified atom stereocenters. The summed E-state index contributed by atoms with van der Waals surface area (Å²) >= 11 is 0. The number of nitrogens with zero attached hydrogens (tertiary/aromatic N) is 1. The van der Waals surface area contributed by atoms with Crippen LogP contribution < -0.4 is 5.32 Å². The van der Waals surface area contributed by atoms with Crippen LogP contribution in [0.5, 0.6) is 0 Å². The summed E-state index contributed by atoms with van der Waals surface area (Å²) in [6.45, 7) is 0.615. The van der Waals surface area contributed by atoms with Crippen molar-refractivity contribution in [3.63, 3.8) is 0 Å². The molecule has 14 heavy (non-hydrogen) atoms. The average molecular weight is 191 g/mol. The summed E-state index contributed by atoms with van der Waals surface area (Å²) in [5, 5.41) is 3.08. The summed E-state index contributed by atoms with van der Waals surface area (Å²) < 4.78 is 12.8. The van der Waals surface area contributed by atoms with E-state index in [0.29, 0.717) is 6.54 Å². The first kappa shape index (κ1) is 8.74. The van der Waals surface area contributed by atoms with Crippen molar-refractivity contribution < 1.29 is 4.39 Å². The number of benzene rings is 1. The lowest BCUT2D eigenvalue weighted by molar-refractivity contribution is 0.628. The molecule has 4 heteroatoms. The summed E-state index contributed by atoms with van der Waals surface area (Å²) in [4.78, 5) is 6.84. The normalized spacial score (nSPS) is 10.1. The zero-order valence-corrected chi connectivity index (χ0v) is 7.50. The van der Waals surface area contributed by atoms with Crippen molar-refractivity contribution in [3.8, 4) is 0 Å². The standard InChI is InChI=1S/C10H10FN3/c11-8-2-1-3-9(4-8)13-6-10-5-12-7-14-10/h1-5,7,13H,6H2,(H,12,14). The van der Waals surface area contributed by atoms with Crippen LogP contribution in [-0.4, -0.2) is 9.97 Å². The number of nitrogens with one attached hydrogen (secondary N) is 2. The minimum atomic E-state index is -0.236. The van der Waals surface area contributed by atoms with E-state index in [-0.39, 0.29) is 5.82 Å². The van der Waals surface area contributed by atoms with Gasteiger partial charge in [0.2, 0.25) is 0 Å². The largest absolute Gasteiger partial charge is 0.379 e. The van der Waals surface area contributed by atoms with E-state index in [4.69, 9.17) is 0 Å². The highest BCUT2D eigenvalue weighted by Gasteiger charge is 1.95. The van der Waals surface area contributed by atoms with Crippen LogP contribution in [0.2, 0.25) is 0 Å². The van der Waals surface area contributed by atoms with Crippen molar-refractivity contribution in [3.05, 3.63) is 48.3 Å². The van der Waals surface area contributed by atoms with Crippen LogP contribution in [0.3, 0.4) is 0 Å². The summed E-state index contributed by atoms with van der Waals surface area (Å²) in [5.41, 5.74) is 1.73. The number of aromatic nitrogens is 2. The molecule has 0 fully saturated rings. The number of imidazole rings is 1. The molecule has 0 atom stereocenters. The Bertz CT molecular complexity index is 398. The predicted octanol–water partition coefficient (Wildman–Crippen LogP) is 2.16. The van der Waals surface area contributed by atoms with Gasteiger partial charge < -0.3 is 10.3 Å². The molecule has 0 radical (unpaired) electrons. The third-order valence-electron chi connectivity index (χ3n) is 1.86. The number of anilines is 1. The Hall–Kier alpha value is -1.84. The van der Waals surface area contributed by atoms with Crippen molar-refractivity contribution in [2.45, 2.75) is 6.54 Å². The van der Waals surface area contributed by atoms with Gasteiger partial charge in [-0.25, -0.2) is 9.37 Å². The fourth-order valence-electron chi connectivity index (χ4n) is 1.18. The molecule has 0 aliphatic carbocycles. The van der Waals surface area contributed by atoms with E-state index in [1.54, 1.807) is 18.6 Å². The molecule has 72 valence electrons. The lowest BCUT2D eigenvalue weighted by Gasteiger charge is -2.03. The number of hydrogen-bond acceptors (Lipinski definition) is 2. The molecule has 0 bridgehead atoms. The van der Waals surface area contributed by atoms with Gasteiger partial charge in [-0.3, -0.25) is 0 Å². The van der Waals surface area contributed by atoms with Crippen molar-refractivity contribution >= 4 is 5.69 Å². The maximum absolute atomic E-state index is 12.8. The minimum Gasteiger partial charge on any atom is -0.379 e. The van der Waals surface area contributed by atoms with E-state index < -0.39 is 0 Å². The molecule has 1 aromatic carbocycles. The SMILES string of the molecule is Fc1cccc(NCc2cnc[nH]2)c1. The molecular formula is C10H10FN3. The first-order chi connectivity index (χ1) is 6.84. The summed E-state index contributed by atoms with van der Waals surface area (Å²) in [5.74, 6) is -0.236. The first-order valence-corrected chi connectivity index (χ1v) is 4.31. The number of H-pyrrole nitrogens is 1. The lowest BCUT2D eigenvalue weighted by atomic mass is 10.3. The summed E-state index contributed by atoms with van der Waals surface area (Å²) in [7, 11) is 0. The van der Waals surface area contributed by atoms with E-state index in [1.807, 2.05) is 6.07 Å². The van der Waals surface area contributed by atoms with Crippen LogP contribution in [0.15, 0.2) is 36.8 Å². The second kappa shape index (κ2) is 3.91. The van der Waals surface area contributed by atoms with Crippen molar-refractivity contribution in [1.82, 2.24) is 9.97 Å². The third kappa shape index (κ3) is 2.10. The van der Waals surface area contributed by atoms with E-state index >= 15 is 0 Å². The molecule has 0 aliphatic rings. The molecule has 0 saturated carbocycles. The molecule has 3 nitrogen and oxygen atoms in total. The highest BCUT2D eigenvalue weighted by atomic mass is 19.1. The number of hydrogen-bond donors (Lipinski definition) is 2. The van der Waals surface area contributed by atoms with Crippen molar-refractivity contribution in [2.24, 2.45) is 0 Å². The first-order valence-electron chi connectivity index (χ1n) is 4.31. The number of aromatic amines is 1. The topological polar surface area (TPSA) is 40.7 Å². The predicted molar refractivity (Wildman–Crippen MR) is 52.3 cm³/mol. The number of halogens is 1. The number of rotatable bonds is 3. The smallest absolute Gasteiger partial charge is 0.125 e. The van der Waals surface area contributed by atoms with Gasteiger partial charge in [-0.2, -0.15) is 0 Å². The third-order valence-corrected chi connectivity index (χ3v) is 1.86. The average Bonchev–Trinajstić information content (AvgIpc) is 2.67. The Labute approximate surface area is 81.0 Å². The van der Waals surface area contributed by atoms with E-state index in [9.17, 15) is 4.39 Å². The van der Waals surface area contributed by atoms with Gasteiger partial charge in [0.25, 0.3) is 0 Å². The second-order valence-corrected chi connectivity index (χ2v) is 2.94.